The summed E-state index contributed by atoms with van der Waals surface area (Å²) >= 11 is 0. The van der Waals surface area contributed by atoms with Crippen LogP contribution in [0.3, 0.4) is 0 Å². The first-order chi connectivity index (χ1) is 18.1. The van der Waals surface area contributed by atoms with E-state index in [-0.39, 0.29) is 11.8 Å². The molecule has 2 aromatic heterocycles. The van der Waals surface area contributed by atoms with E-state index in [2.05, 4.69) is 16.8 Å². The molecule has 3 heterocycles. The van der Waals surface area contributed by atoms with Crippen molar-refractivity contribution in [3.63, 3.8) is 0 Å². The monoisotopic (exact) mass is 501 g/mol. The molecule has 7 nitrogen and oxygen atoms in total. The molecule has 8 heteroatoms. The van der Waals surface area contributed by atoms with Crippen LogP contribution in [0.5, 0.6) is 0 Å². The number of hydrogen-bond donors (Lipinski definition) is 1. The van der Waals surface area contributed by atoms with Crippen LogP contribution in [0.2, 0.25) is 0 Å². The molecule has 1 atom stereocenters. The minimum atomic E-state index is -0.487. The third-order valence-electron chi connectivity index (χ3n) is 6.68. The van der Waals surface area contributed by atoms with Crippen molar-refractivity contribution in [2.75, 3.05) is 19.8 Å². The minimum absolute atomic E-state index is 0.208. The summed E-state index contributed by atoms with van der Waals surface area (Å²) in [6.45, 7) is 6.08. The third-order valence-corrected chi connectivity index (χ3v) is 6.68. The van der Waals surface area contributed by atoms with E-state index in [9.17, 15) is 9.18 Å². The third kappa shape index (κ3) is 4.89. The smallest absolute Gasteiger partial charge is 0.318 e. The zero-order valence-corrected chi connectivity index (χ0v) is 21.2. The largest absolute Gasteiger partial charge is 0.382 e. The van der Waals surface area contributed by atoms with Crippen molar-refractivity contribution in [2.45, 2.75) is 39.3 Å². The van der Waals surface area contributed by atoms with Gasteiger partial charge in [-0.15, -0.1) is 0 Å². The van der Waals surface area contributed by atoms with E-state index >= 15 is 0 Å². The maximum atomic E-state index is 14.4. The lowest BCUT2D eigenvalue weighted by molar-refractivity contribution is 0.143. The second-order valence-electron chi connectivity index (χ2n) is 9.02. The van der Waals surface area contributed by atoms with Crippen LogP contribution in [0.1, 0.15) is 48.8 Å². The predicted octanol–water partition coefficient (Wildman–Crippen LogP) is 5.41. The van der Waals surface area contributed by atoms with Crippen LogP contribution < -0.4 is 5.32 Å². The maximum Gasteiger partial charge on any atom is 0.318 e. The van der Waals surface area contributed by atoms with Gasteiger partial charge in [0.15, 0.2) is 0 Å². The van der Waals surface area contributed by atoms with Crippen LogP contribution in [0.4, 0.5) is 9.18 Å². The fraction of sp³-hybridized carbons (Fsp3) is 0.310. The van der Waals surface area contributed by atoms with E-state index in [0.717, 1.165) is 28.5 Å². The Morgan fingerprint density at radius 1 is 1.11 bits per heavy atom. The summed E-state index contributed by atoms with van der Waals surface area (Å²) in [7, 11) is 0. The SMILES string of the molecule is CCOCCCNC(=O)N1Cc2c(CC)nn(-c3ccccc3)c2-n2cccc2C1c1cccc(F)c1. The molecule has 5 rings (SSSR count). The van der Waals surface area contributed by atoms with Gasteiger partial charge in [0.25, 0.3) is 0 Å². The molecular weight excluding hydrogens is 469 g/mol. The number of halogens is 1. The summed E-state index contributed by atoms with van der Waals surface area (Å²) < 4.78 is 23.9. The Kier molecular flexibility index (Phi) is 7.37. The Morgan fingerprint density at radius 3 is 2.70 bits per heavy atom. The number of carbonyl (C=O) groups is 1. The molecule has 192 valence electrons. The molecule has 0 saturated carbocycles. The molecule has 1 N–H and O–H groups in total. The number of carbonyl (C=O) groups excluding carboxylic acids is 1. The first-order valence-electron chi connectivity index (χ1n) is 12.8. The number of fused-ring (bicyclic) bond motifs is 3. The molecule has 1 aliphatic rings. The van der Waals surface area contributed by atoms with Crippen LogP contribution in [0, 0.1) is 5.82 Å². The summed E-state index contributed by atoms with van der Waals surface area (Å²) in [6, 6.07) is 19.8. The highest BCUT2D eigenvalue weighted by atomic mass is 19.1. The van der Waals surface area contributed by atoms with Gasteiger partial charge in [-0.2, -0.15) is 5.10 Å². The summed E-state index contributed by atoms with van der Waals surface area (Å²) in [6.07, 6.45) is 3.42. The molecule has 2 amide bonds. The number of nitrogens with one attached hydrogen (secondary N) is 1. The van der Waals surface area contributed by atoms with Gasteiger partial charge in [-0.05, 0) is 61.7 Å². The van der Waals surface area contributed by atoms with Crippen molar-refractivity contribution in [3.8, 4) is 11.5 Å². The molecule has 0 fully saturated rings. The topological polar surface area (TPSA) is 64.3 Å². The van der Waals surface area contributed by atoms with Gasteiger partial charge in [-0.3, -0.25) is 0 Å². The Bertz CT molecular complexity index is 1360. The van der Waals surface area contributed by atoms with Gasteiger partial charge in [0.05, 0.1) is 29.7 Å². The number of aromatic nitrogens is 3. The number of hydrogen-bond acceptors (Lipinski definition) is 3. The highest BCUT2D eigenvalue weighted by Crippen LogP contribution is 2.38. The van der Waals surface area contributed by atoms with Crippen molar-refractivity contribution in [1.82, 2.24) is 24.6 Å². The van der Waals surface area contributed by atoms with Crippen molar-refractivity contribution < 1.29 is 13.9 Å². The summed E-state index contributed by atoms with van der Waals surface area (Å²) in [5.74, 6) is 0.565. The normalized spacial score (nSPS) is 14.7. The van der Waals surface area contributed by atoms with Crippen molar-refractivity contribution in [2.24, 2.45) is 0 Å². The van der Waals surface area contributed by atoms with E-state index in [1.165, 1.54) is 12.1 Å². The quantitative estimate of drug-likeness (QED) is 0.329. The fourth-order valence-corrected chi connectivity index (χ4v) is 4.99. The van der Waals surface area contributed by atoms with Crippen molar-refractivity contribution in [3.05, 3.63) is 101 Å². The number of aryl methyl sites for hydroxylation is 1. The van der Waals surface area contributed by atoms with Gasteiger partial charge in [0.2, 0.25) is 0 Å². The number of benzene rings is 2. The molecule has 0 aliphatic carbocycles. The lowest BCUT2D eigenvalue weighted by Crippen LogP contribution is -2.42. The second-order valence-corrected chi connectivity index (χ2v) is 9.02. The Morgan fingerprint density at radius 2 is 1.95 bits per heavy atom. The first-order valence-corrected chi connectivity index (χ1v) is 12.8. The standard InChI is InChI=1S/C29H32FN5O2/c1-3-25-24-20-34(29(36)31-16-10-18-37-4-2)27(21-11-8-12-22(30)19-21)26-15-9-17-33(26)28(24)35(32-25)23-13-6-5-7-14-23/h5-9,11-15,17,19,27H,3-4,10,16,18,20H2,1-2H3,(H,31,36). The van der Waals surface area contributed by atoms with Gasteiger partial charge in [-0.25, -0.2) is 13.9 Å². The van der Waals surface area contributed by atoms with E-state index in [4.69, 9.17) is 9.84 Å². The number of rotatable bonds is 8. The minimum Gasteiger partial charge on any atom is -0.382 e. The Labute approximate surface area is 216 Å². The van der Waals surface area contributed by atoms with E-state index < -0.39 is 6.04 Å². The van der Waals surface area contributed by atoms with Gasteiger partial charge >= 0.3 is 6.03 Å². The highest BCUT2D eigenvalue weighted by molar-refractivity contribution is 5.76. The van der Waals surface area contributed by atoms with Crippen LogP contribution in [0.15, 0.2) is 72.9 Å². The lowest BCUT2D eigenvalue weighted by atomic mass is 10.0. The van der Waals surface area contributed by atoms with Crippen molar-refractivity contribution in [1.29, 1.82) is 0 Å². The number of ether oxygens (including phenoxy) is 1. The van der Waals surface area contributed by atoms with Crippen molar-refractivity contribution >= 4 is 6.03 Å². The fourth-order valence-electron chi connectivity index (χ4n) is 4.99. The Hall–Kier alpha value is -3.91. The second kappa shape index (κ2) is 11.0. The maximum absolute atomic E-state index is 14.4. The van der Waals surface area contributed by atoms with E-state index in [1.807, 2.05) is 66.3 Å². The van der Waals surface area contributed by atoms with Gasteiger partial charge < -0.3 is 19.5 Å². The number of nitrogens with zero attached hydrogens (tertiary/aromatic N) is 4. The molecule has 0 spiro atoms. The number of amides is 2. The molecule has 1 unspecified atom stereocenters. The number of para-hydroxylation sites is 1. The lowest BCUT2D eigenvalue weighted by Gasteiger charge is -2.31. The molecular formula is C29H32FN5O2. The molecule has 37 heavy (non-hydrogen) atoms. The van der Waals surface area contributed by atoms with Gasteiger partial charge in [0.1, 0.15) is 11.6 Å². The molecule has 0 bridgehead atoms. The zero-order valence-electron chi connectivity index (χ0n) is 21.2. The molecule has 0 saturated heterocycles. The van der Waals surface area contributed by atoms with E-state index in [0.29, 0.717) is 44.7 Å². The van der Waals surface area contributed by atoms with Crippen LogP contribution >= 0.6 is 0 Å². The van der Waals surface area contributed by atoms with Crippen LogP contribution in [-0.4, -0.2) is 45.0 Å². The molecule has 1 aliphatic heterocycles. The van der Waals surface area contributed by atoms with Crippen LogP contribution in [0.25, 0.3) is 11.5 Å². The Balaban J connectivity index is 1.64. The average molecular weight is 502 g/mol. The first kappa shape index (κ1) is 24.8. The van der Waals surface area contributed by atoms with Gasteiger partial charge in [-0.1, -0.05) is 37.3 Å². The van der Waals surface area contributed by atoms with E-state index in [1.54, 1.807) is 11.0 Å². The summed E-state index contributed by atoms with van der Waals surface area (Å²) in [5, 5.41) is 8.02. The molecule has 4 aromatic rings. The molecule has 0 radical (unpaired) electrons. The highest BCUT2D eigenvalue weighted by Gasteiger charge is 2.36. The summed E-state index contributed by atoms with van der Waals surface area (Å²) in [4.78, 5) is 15.5. The summed E-state index contributed by atoms with van der Waals surface area (Å²) in [5.41, 5.74) is 4.43. The zero-order chi connectivity index (χ0) is 25.8. The molecule has 2 aromatic carbocycles. The van der Waals surface area contributed by atoms with Crippen LogP contribution in [-0.2, 0) is 17.7 Å². The number of urea groups is 1. The average Bonchev–Trinajstić information content (AvgIpc) is 3.50. The predicted molar refractivity (Wildman–Crippen MR) is 141 cm³/mol. The van der Waals surface area contributed by atoms with Gasteiger partial charge in [0, 0.05) is 31.5 Å².